The quantitative estimate of drug-likeness (QED) is 0.803. The van der Waals surface area contributed by atoms with Crippen molar-refractivity contribution < 1.29 is 4.79 Å². The molecule has 2 heteroatoms. The molecule has 0 unspecified atom stereocenters. The molecule has 0 aliphatic carbocycles. The Bertz CT molecular complexity index is 332. The predicted octanol–water partition coefficient (Wildman–Crippen LogP) is 3.17. The first-order valence-electron chi connectivity index (χ1n) is 6.45. The molecular formula is C15H23NO. The number of carbonyl (C=O) groups is 1. The van der Waals surface area contributed by atoms with Crippen LogP contribution >= 0.6 is 0 Å². The Morgan fingerprint density at radius 2 is 1.88 bits per heavy atom. The van der Waals surface area contributed by atoms with Gasteiger partial charge in [-0.3, -0.25) is 4.79 Å². The van der Waals surface area contributed by atoms with Crippen molar-refractivity contribution >= 4 is 5.91 Å². The summed E-state index contributed by atoms with van der Waals surface area (Å²) in [7, 11) is 0. The lowest BCUT2D eigenvalue weighted by atomic mass is 10.0. The molecule has 0 fully saturated rings. The van der Waals surface area contributed by atoms with E-state index in [4.69, 9.17) is 0 Å². The van der Waals surface area contributed by atoms with Crippen LogP contribution in [0, 0.1) is 5.92 Å². The van der Waals surface area contributed by atoms with Gasteiger partial charge in [0.05, 0.1) is 0 Å². The Labute approximate surface area is 104 Å². The number of rotatable bonds is 6. The molecule has 17 heavy (non-hydrogen) atoms. The van der Waals surface area contributed by atoms with Crippen LogP contribution in [0.3, 0.4) is 0 Å². The van der Waals surface area contributed by atoms with Crippen LogP contribution < -0.4 is 5.32 Å². The fourth-order valence-electron chi connectivity index (χ4n) is 1.85. The minimum atomic E-state index is 0.169. The molecule has 2 nitrogen and oxygen atoms in total. The van der Waals surface area contributed by atoms with Crippen molar-refractivity contribution in [2.75, 3.05) is 0 Å². The zero-order valence-corrected chi connectivity index (χ0v) is 11.1. The molecule has 94 valence electrons. The molecule has 0 saturated carbocycles. The van der Waals surface area contributed by atoms with Gasteiger partial charge in [0.1, 0.15) is 0 Å². The van der Waals surface area contributed by atoms with Crippen molar-refractivity contribution in [3.05, 3.63) is 35.9 Å². The SMILES string of the molecule is CC[C@@H](Cc1ccccc1)NC(=O)CC(C)C. The maximum Gasteiger partial charge on any atom is 0.220 e. The van der Waals surface area contributed by atoms with E-state index in [0.29, 0.717) is 12.3 Å². The van der Waals surface area contributed by atoms with Gasteiger partial charge in [-0.1, -0.05) is 51.1 Å². The van der Waals surface area contributed by atoms with Crippen LogP contribution in [0.2, 0.25) is 0 Å². The molecule has 1 N–H and O–H groups in total. The minimum Gasteiger partial charge on any atom is -0.353 e. The monoisotopic (exact) mass is 233 g/mol. The van der Waals surface area contributed by atoms with Gasteiger partial charge in [0.25, 0.3) is 0 Å². The number of amides is 1. The van der Waals surface area contributed by atoms with Gasteiger partial charge in [0.15, 0.2) is 0 Å². The van der Waals surface area contributed by atoms with Crippen LogP contribution in [0.4, 0.5) is 0 Å². The highest BCUT2D eigenvalue weighted by molar-refractivity contribution is 5.76. The first kappa shape index (κ1) is 13.8. The molecule has 1 aromatic carbocycles. The second-order valence-corrected chi connectivity index (χ2v) is 4.96. The summed E-state index contributed by atoms with van der Waals surface area (Å²) in [4.78, 5) is 11.7. The van der Waals surface area contributed by atoms with Crippen molar-refractivity contribution in [3.8, 4) is 0 Å². The van der Waals surface area contributed by atoms with Gasteiger partial charge in [-0.15, -0.1) is 0 Å². The molecule has 0 aliphatic heterocycles. The summed E-state index contributed by atoms with van der Waals surface area (Å²) in [6.45, 7) is 6.25. The second kappa shape index (κ2) is 7.10. The third kappa shape index (κ3) is 5.53. The lowest BCUT2D eigenvalue weighted by molar-refractivity contribution is -0.122. The first-order valence-corrected chi connectivity index (χ1v) is 6.45. The summed E-state index contributed by atoms with van der Waals surface area (Å²) in [6.07, 6.45) is 2.51. The number of nitrogens with one attached hydrogen (secondary N) is 1. The molecule has 0 spiro atoms. The molecule has 1 rings (SSSR count). The largest absolute Gasteiger partial charge is 0.353 e. The normalized spacial score (nSPS) is 12.5. The summed E-state index contributed by atoms with van der Waals surface area (Å²) in [5, 5.41) is 3.11. The molecule has 0 aliphatic rings. The Morgan fingerprint density at radius 1 is 1.24 bits per heavy atom. The number of carbonyl (C=O) groups excluding carboxylic acids is 1. The molecule has 0 radical (unpaired) electrons. The molecule has 1 amide bonds. The van der Waals surface area contributed by atoms with Crippen molar-refractivity contribution in [3.63, 3.8) is 0 Å². The Morgan fingerprint density at radius 3 is 2.41 bits per heavy atom. The molecular weight excluding hydrogens is 210 g/mol. The Hall–Kier alpha value is -1.31. The van der Waals surface area contributed by atoms with Gasteiger partial charge >= 0.3 is 0 Å². The van der Waals surface area contributed by atoms with Crippen molar-refractivity contribution in [2.45, 2.75) is 46.1 Å². The summed E-state index contributed by atoms with van der Waals surface area (Å²) >= 11 is 0. The highest BCUT2D eigenvalue weighted by atomic mass is 16.1. The van der Waals surface area contributed by atoms with Gasteiger partial charge < -0.3 is 5.32 Å². The zero-order valence-electron chi connectivity index (χ0n) is 11.1. The van der Waals surface area contributed by atoms with Gasteiger partial charge in [-0.05, 0) is 24.3 Å². The van der Waals surface area contributed by atoms with E-state index in [1.807, 2.05) is 18.2 Å². The molecule has 0 bridgehead atoms. The lowest BCUT2D eigenvalue weighted by Crippen LogP contribution is -2.36. The van der Waals surface area contributed by atoms with E-state index >= 15 is 0 Å². The van der Waals surface area contributed by atoms with E-state index in [9.17, 15) is 4.79 Å². The molecule has 1 atom stereocenters. The lowest BCUT2D eigenvalue weighted by Gasteiger charge is -2.17. The average Bonchev–Trinajstić information content (AvgIpc) is 2.28. The van der Waals surface area contributed by atoms with Crippen LogP contribution in [0.1, 0.15) is 39.2 Å². The topological polar surface area (TPSA) is 29.1 Å². The van der Waals surface area contributed by atoms with E-state index in [-0.39, 0.29) is 11.9 Å². The summed E-state index contributed by atoms with van der Waals surface area (Å²) in [5.74, 6) is 0.590. The van der Waals surface area contributed by atoms with Crippen LogP contribution in [-0.4, -0.2) is 11.9 Å². The van der Waals surface area contributed by atoms with Gasteiger partial charge in [-0.2, -0.15) is 0 Å². The average molecular weight is 233 g/mol. The maximum absolute atomic E-state index is 11.7. The highest BCUT2D eigenvalue weighted by Crippen LogP contribution is 2.07. The van der Waals surface area contributed by atoms with E-state index < -0.39 is 0 Å². The molecule has 1 aromatic rings. The number of benzene rings is 1. The standard InChI is InChI=1S/C15H23NO/c1-4-14(16-15(17)10-12(2)3)11-13-8-6-5-7-9-13/h5-9,12,14H,4,10-11H2,1-3H3,(H,16,17)/t14-/m0/s1. The fourth-order valence-corrected chi connectivity index (χ4v) is 1.85. The smallest absolute Gasteiger partial charge is 0.220 e. The highest BCUT2D eigenvalue weighted by Gasteiger charge is 2.11. The van der Waals surface area contributed by atoms with E-state index in [1.165, 1.54) is 5.56 Å². The summed E-state index contributed by atoms with van der Waals surface area (Å²) in [6, 6.07) is 10.6. The van der Waals surface area contributed by atoms with E-state index in [1.54, 1.807) is 0 Å². The van der Waals surface area contributed by atoms with Crippen molar-refractivity contribution in [1.29, 1.82) is 0 Å². The minimum absolute atomic E-state index is 0.169. The number of hydrogen-bond donors (Lipinski definition) is 1. The fraction of sp³-hybridized carbons (Fsp3) is 0.533. The maximum atomic E-state index is 11.7. The van der Waals surface area contributed by atoms with Gasteiger partial charge in [0, 0.05) is 12.5 Å². The second-order valence-electron chi connectivity index (χ2n) is 4.96. The van der Waals surface area contributed by atoms with Crippen LogP contribution in [-0.2, 0) is 11.2 Å². The Kier molecular flexibility index (Phi) is 5.75. The zero-order chi connectivity index (χ0) is 12.7. The van der Waals surface area contributed by atoms with Crippen molar-refractivity contribution in [2.24, 2.45) is 5.92 Å². The van der Waals surface area contributed by atoms with Crippen LogP contribution in [0.25, 0.3) is 0 Å². The summed E-state index contributed by atoms with van der Waals surface area (Å²) in [5.41, 5.74) is 1.28. The van der Waals surface area contributed by atoms with Crippen molar-refractivity contribution in [1.82, 2.24) is 5.32 Å². The van der Waals surface area contributed by atoms with E-state index in [0.717, 1.165) is 12.8 Å². The molecule has 0 heterocycles. The third-order valence-corrected chi connectivity index (χ3v) is 2.78. The first-order chi connectivity index (χ1) is 8.11. The van der Waals surface area contributed by atoms with Gasteiger partial charge in [-0.25, -0.2) is 0 Å². The molecule has 0 aromatic heterocycles. The molecule has 0 saturated heterocycles. The summed E-state index contributed by atoms with van der Waals surface area (Å²) < 4.78 is 0. The number of hydrogen-bond acceptors (Lipinski definition) is 1. The van der Waals surface area contributed by atoms with Crippen LogP contribution in [0.5, 0.6) is 0 Å². The third-order valence-electron chi connectivity index (χ3n) is 2.78. The van der Waals surface area contributed by atoms with E-state index in [2.05, 4.69) is 38.2 Å². The van der Waals surface area contributed by atoms with Crippen LogP contribution in [0.15, 0.2) is 30.3 Å². The van der Waals surface area contributed by atoms with Gasteiger partial charge in [0.2, 0.25) is 5.91 Å². The Balaban J connectivity index is 2.46. The predicted molar refractivity (Wildman–Crippen MR) is 71.8 cm³/mol.